The van der Waals surface area contributed by atoms with Crippen molar-refractivity contribution in [2.24, 2.45) is 0 Å². The molecular weight excluding hydrogens is 216 g/mol. The molecule has 3 radical (unpaired) electrons. The molecule has 0 aromatic heterocycles. The van der Waals surface area contributed by atoms with Crippen molar-refractivity contribution in [3.63, 3.8) is 0 Å². The lowest BCUT2D eigenvalue weighted by molar-refractivity contribution is 0.112. The largest absolute Gasteiger partial charge is 0.540 e. The third kappa shape index (κ3) is 2.19. The fraction of sp³-hybridized carbons (Fsp3) is 0.462. The summed E-state index contributed by atoms with van der Waals surface area (Å²) in [6.07, 6.45) is 0.831. The van der Waals surface area contributed by atoms with E-state index < -0.39 is 0 Å². The lowest BCUT2D eigenvalue weighted by Gasteiger charge is -2.26. The molecule has 0 unspecified atom stereocenters. The van der Waals surface area contributed by atoms with Gasteiger partial charge in [0.1, 0.15) is 5.75 Å². The highest BCUT2D eigenvalue weighted by molar-refractivity contribution is 6.01. The zero-order valence-electron chi connectivity index (χ0n) is 10.5. The maximum Gasteiger partial charge on any atom is 0.341 e. The van der Waals surface area contributed by atoms with E-state index in [-0.39, 0.29) is 5.41 Å². The summed E-state index contributed by atoms with van der Waals surface area (Å²) in [5.74, 6) is 0.627. The third-order valence-corrected chi connectivity index (χ3v) is 3.01. The van der Waals surface area contributed by atoms with Crippen LogP contribution in [-0.4, -0.2) is 16.8 Å². The Morgan fingerprint density at radius 2 is 1.88 bits per heavy atom. The van der Waals surface area contributed by atoms with E-state index in [1.807, 2.05) is 13.0 Å². The second-order valence-corrected chi connectivity index (χ2v) is 5.29. The minimum atomic E-state index is -0.0597. The Hall–Kier alpha value is -1.09. The minimum Gasteiger partial charge on any atom is -0.540 e. The highest BCUT2D eigenvalue weighted by atomic mass is 28.2. The van der Waals surface area contributed by atoms with Crippen LogP contribution in [0.2, 0.25) is 0 Å². The molecule has 16 heavy (non-hydrogen) atoms. The third-order valence-electron chi connectivity index (χ3n) is 2.81. The van der Waals surface area contributed by atoms with E-state index in [9.17, 15) is 4.79 Å². The van der Waals surface area contributed by atoms with E-state index in [4.69, 9.17) is 4.43 Å². The van der Waals surface area contributed by atoms with E-state index >= 15 is 0 Å². The van der Waals surface area contributed by atoms with Gasteiger partial charge in [0, 0.05) is 5.56 Å². The Morgan fingerprint density at radius 1 is 1.31 bits per heavy atom. The predicted octanol–water partition coefficient (Wildman–Crippen LogP) is 2.88. The Labute approximate surface area is 101 Å². The maximum absolute atomic E-state index is 11.0. The molecule has 0 atom stereocenters. The topological polar surface area (TPSA) is 26.3 Å². The van der Waals surface area contributed by atoms with Crippen molar-refractivity contribution in [3.05, 3.63) is 28.3 Å². The Kier molecular flexibility index (Phi) is 3.58. The first-order chi connectivity index (χ1) is 7.32. The van der Waals surface area contributed by atoms with Crippen LogP contribution in [0.15, 0.2) is 6.07 Å². The molecule has 1 aromatic carbocycles. The van der Waals surface area contributed by atoms with Crippen molar-refractivity contribution in [3.8, 4) is 5.75 Å². The van der Waals surface area contributed by atoms with E-state index in [1.165, 1.54) is 5.56 Å². The standard InChI is InChI=1S/C13H17O2Si/c1-8-6-10(7-14)12(15-16)11(9(8)2)13(3,4)5/h6-7H,1-5H3. The van der Waals surface area contributed by atoms with Gasteiger partial charge < -0.3 is 4.43 Å². The molecule has 0 heterocycles. The molecule has 0 amide bonds. The lowest BCUT2D eigenvalue weighted by atomic mass is 9.81. The van der Waals surface area contributed by atoms with E-state index in [0.29, 0.717) is 11.3 Å². The highest BCUT2D eigenvalue weighted by Gasteiger charge is 2.24. The predicted molar refractivity (Wildman–Crippen MR) is 66.4 cm³/mol. The van der Waals surface area contributed by atoms with Gasteiger partial charge in [-0.2, -0.15) is 0 Å². The molecule has 3 heteroatoms. The average molecular weight is 233 g/mol. The molecule has 85 valence electrons. The summed E-state index contributed by atoms with van der Waals surface area (Å²) >= 11 is 0. The summed E-state index contributed by atoms with van der Waals surface area (Å²) in [4.78, 5) is 11.0. The fourth-order valence-electron chi connectivity index (χ4n) is 2.02. The molecule has 1 aromatic rings. The summed E-state index contributed by atoms with van der Waals surface area (Å²) in [5.41, 5.74) is 3.88. The fourth-order valence-corrected chi connectivity index (χ4v) is 2.24. The van der Waals surface area contributed by atoms with Crippen LogP contribution in [0.4, 0.5) is 0 Å². The van der Waals surface area contributed by atoms with Crippen molar-refractivity contribution in [2.45, 2.75) is 40.0 Å². The average Bonchev–Trinajstić information content (AvgIpc) is 2.19. The molecule has 0 aliphatic heterocycles. The van der Waals surface area contributed by atoms with Crippen LogP contribution in [0.25, 0.3) is 0 Å². The van der Waals surface area contributed by atoms with Crippen molar-refractivity contribution < 1.29 is 9.22 Å². The van der Waals surface area contributed by atoms with Crippen LogP contribution in [0.1, 0.15) is 47.8 Å². The number of carbonyl (C=O) groups is 1. The zero-order valence-corrected chi connectivity index (χ0v) is 11.5. The Bertz CT molecular complexity index is 417. The summed E-state index contributed by atoms with van der Waals surface area (Å²) in [6.45, 7) is 10.4. The first-order valence-corrected chi connectivity index (χ1v) is 5.67. The quantitative estimate of drug-likeness (QED) is 0.580. The molecule has 0 saturated heterocycles. The van der Waals surface area contributed by atoms with Crippen LogP contribution in [0, 0.1) is 13.8 Å². The number of benzene rings is 1. The van der Waals surface area contributed by atoms with Gasteiger partial charge in [-0.15, -0.1) is 0 Å². The summed E-state index contributed by atoms with van der Waals surface area (Å²) in [6, 6.07) is 1.85. The monoisotopic (exact) mass is 233 g/mol. The molecule has 0 N–H and O–H groups in total. The molecule has 0 aliphatic carbocycles. The summed E-state index contributed by atoms with van der Waals surface area (Å²) in [7, 11) is 3.04. The van der Waals surface area contributed by atoms with Crippen LogP contribution in [-0.2, 0) is 5.41 Å². The number of carbonyl (C=O) groups excluding carboxylic acids is 1. The van der Waals surface area contributed by atoms with Crippen LogP contribution in [0.5, 0.6) is 5.75 Å². The van der Waals surface area contributed by atoms with Crippen LogP contribution >= 0.6 is 0 Å². The molecule has 0 bridgehead atoms. The first-order valence-electron chi connectivity index (χ1n) is 5.26. The summed E-state index contributed by atoms with van der Waals surface area (Å²) in [5, 5.41) is 0. The maximum atomic E-state index is 11.0. The lowest BCUT2D eigenvalue weighted by Crippen LogP contribution is -2.17. The highest BCUT2D eigenvalue weighted by Crippen LogP contribution is 2.37. The normalized spacial score (nSPS) is 11.4. The van der Waals surface area contributed by atoms with Gasteiger partial charge in [0.15, 0.2) is 6.29 Å². The zero-order chi connectivity index (χ0) is 12.5. The number of hydrogen-bond donors (Lipinski definition) is 0. The van der Waals surface area contributed by atoms with Crippen molar-refractivity contribution in [2.75, 3.05) is 0 Å². The molecule has 0 saturated carbocycles. The smallest absolute Gasteiger partial charge is 0.341 e. The molecule has 0 aliphatic rings. The molecule has 1 rings (SSSR count). The van der Waals surface area contributed by atoms with E-state index in [0.717, 1.165) is 17.4 Å². The Morgan fingerprint density at radius 3 is 2.25 bits per heavy atom. The second kappa shape index (κ2) is 4.42. The van der Waals surface area contributed by atoms with Gasteiger partial charge in [-0.05, 0) is 36.5 Å². The van der Waals surface area contributed by atoms with Gasteiger partial charge >= 0.3 is 10.5 Å². The van der Waals surface area contributed by atoms with E-state index in [2.05, 4.69) is 38.2 Å². The van der Waals surface area contributed by atoms with Gasteiger partial charge in [0.25, 0.3) is 0 Å². The van der Waals surface area contributed by atoms with E-state index in [1.54, 1.807) is 0 Å². The van der Waals surface area contributed by atoms with Crippen molar-refractivity contribution >= 4 is 16.8 Å². The second-order valence-electron chi connectivity index (χ2n) is 5.08. The molecule has 2 nitrogen and oxygen atoms in total. The van der Waals surface area contributed by atoms with Crippen molar-refractivity contribution in [1.82, 2.24) is 0 Å². The van der Waals surface area contributed by atoms with Gasteiger partial charge in [0.2, 0.25) is 0 Å². The molecule has 0 fully saturated rings. The number of aryl methyl sites for hydroxylation is 1. The van der Waals surface area contributed by atoms with Gasteiger partial charge in [-0.25, -0.2) is 0 Å². The van der Waals surface area contributed by atoms with Gasteiger partial charge in [-0.3, -0.25) is 4.79 Å². The van der Waals surface area contributed by atoms with Crippen LogP contribution in [0.3, 0.4) is 0 Å². The van der Waals surface area contributed by atoms with Crippen LogP contribution < -0.4 is 4.43 Å². The van der Waals surface area contributed by atoms with Gasteiger partial charge in [-0.1, -0.05) is 20.8 Å². The van der Waals surface area contributed by atoms with Crippen molar-refractivity contribution in [1.29, 1.82) is 0 Å². The molecule has 0 spiro atoms. The minimum absolute atomic E-state index is 0.0597. The molecular formula is C13H17O2Si. The number of hydrogen-bond acceptors (Lipinski definition) is 2. The summed E-state index contributed by atoms with van der Waals surface area (Å²) < 4.78 is 5.20. The number of rotatable bonds is 2. The SMILES string of the molecule is Cc1cc(C=O)c(O[Si])c(C(C)(C)C)c1C. The first kappa shape index (κ1) is 13.0. The Balaban J connectivity index is 3.67. The van der Waals surface area contributed by atoms with Gasteiger partial charge in [0.05, 0.1) is 5.56 Å². The number of aldehydes is 1.